The van der Waals surface area contributed by atoms with Gasteiger partial charge in [-0.15, -0.1) is 0 Å². The van der Waals surface area contributed by atoms with Crippen LogP contribution in [-0.2, 0) is 14.2 Å². The third-order valence-electron chi connectivity index (χ3n) is 2.29. The highest BCUT2D eigenvalue weighted by atomic mass is 16.5. The molecule has 0 fully saturated rings. The lowest BCUT2D eigenvalue weighted by Crippen LogP contribution is -2.34. The number of rotatable bonds is 12. The van der Waals surface area contributed by atoms with E-state index in [2.05, 4.69) is 4.90 Å². The first-order valence-corrected chi connectivity index (χ1v) is 5.81. The molecule has 0 rings (SSSR count). The zero-order valence-corrected chi connectivity index (χ0v) is 10.9. The highest BCUT2D eigenvalue weighted by molar-refractivity contribution is 5.76. The van der Waals surface area contributed by atoms with Gasteiger partial charge in [-0.3, -0.25) is 10.3 Å². The first-order chi connectivity index (χ1) is 8.20. The van der Waals surface area contributed by atoms with Crippen LogP contribution in [0.4, 0.5) is 0 Å². The second-order valence-electron chi connectivity index (χ2n) is 3.71. The zero-order chi connectivity index (χ0) is 12.9. The lowest BCUT2D eigenvalue weighted by atomic mass is 10.3. The summed E-state index contributed by atoms with van der Waals surface area (Å²) in [6.07, 6.45) is 0.585. The van der Waals surface area contributed by atoms with Gasteiger partial charge in [0.05, 0.1) is 32.3 Å². The Bertz CT molecular complexity index is 191. The van der Waals surface area contributed by atoms with Crippen molar-refractivity contribution >= 4 is 5.84 Å². The molecule has 0 aliphatic heterocycles. The third-order valence-corrected chi connectivity index (χ3v) is 2.29. The number of methoxy groups -OCH3 is 2. The number of nitrogens with two attached hydrogens (primary N) is 1. The van der Waals surface area contributed by atoms with Crippen molar-refractivity contribution in [1.29, 1.82) is 5.41 Å². The van der Waals surface area contributed by atoms with Gasteiger partial charge in [0.2, 0.25) is 0 Å². The van der Waals surface area contributed by atoms with Crippen LogP contribution in [0.2, 0.25) is 0 Å². The van der Waals surface area contributed by atoms with Crippen molar-refractivity contribution in [2.45, 2.75) is 6.42 Å². The van der Waals surface area contributed by atoms with Gasteiger partial charge in [-0.05, 0) is 0 Å². The van der Waals surface area contributed by atoms with Gasteiger partial charge in [0.1, 0.15) is 0 Å². The Morgan fingerprint density at radius 1 is 1.00 bits per heavy atom. The smallest absolute Gasteiger partial charge is 0.0918 e. The second kappa shape index (κ2) is 11.8. The number of nitrogens with zero attached hydrogens (tertiary/aromatic N) is 1. The Morgan fingerprint density at radius 2 is 1.65 bits per heavy atom. The van der Waals surface area contributed by atoms with E-state index in [-0.39, 0.29) is 5.84 Å². The van der Waals surface area contributed by atoms with Crippen LogP contribution >= 0.6 is 0 Å². The van der Waals surface area contributed by atoms with Gasteiger partial charge < -0.3 is 19.9 Å². The van der Waals surface area contributed by atoms with Crippen LogP contribution in [0, 0.1) is 5.41 Å². The molecule has 0 aliphatic rings. The quantitative estimate of drug-likeness (QED) is 0.286. The predicted octanol–water partition coefficient (Wildman–Crippen LogP) is -0.0761. The molecule has 0 unspecified atom stereocenters. The molecule has 0 aromatic heterocycles. The minimum absolute atomic E-state index is 0.215. The van der Waals surface area contributed by atoms with E-state index in [0.29, 0.717) is 32.8 Å². The van der Waals surface area contributed by atoms with Gasteiger partial charge in [0, 0.05) is 40.3 Å². The molecule has 0 heterocycles. The van der Waals surface area contributed by atoms with Crippen LogP contribution in [0.15, 0.2) is 0 Å². The Labute approximate surface area is 104 Å². The summed E-state index contributed by atoms with van der Waals surface area (Å²) in [4.78, 5) is 2.18. The molecular formula is C11H25N3O3. The molecule has 3 N–H and O–H groups in total. The van der Waals surface area contributed by atoms with Gasteiger partial charge in [0.15, 0.2) is 0 Å². The van der Waals surface area contributed by atoms with Crippen molar-refractivity contribution in [3.63, 3.8) is 0 Å². The minimum atomic E-state index is 0.215. The molecule has 0 aromatic carbocycles. The van der Waals surface area contributed by atoms with Crippen molar-refractivity contribution in [3.05, 3.63) is 0 Å². The molecule has 0 bridgehead atoms. The molecular weight excluding hydrogens is 222 g/mol. The van der Waals surface area contributed by atoms with E-state index in [4.69, 9.17) is 25.4 Å². The highest BCUT2D eigenvalue weighted by Crippen LogP contribution is 1.92. The molecule has 6 heteroatoms. The monoisotopic (exact) mass is 247 g/mol. The van der Waals surface area contributed by atoms with E-state index >= 15 is 0 Å². The predicted molar refractivity (Wildman–Crippen MR) is 67.5 cm³/mol. The molecule has 0 radical (unpaired) electrons. The number of nitrogens with one attached hydrogen (secondary N) is 1. The zero-order valence-electron chi connectivity index (χ0n) is 10.9. The summed E-state index contributed by atoms with van der Waals surface area (Å²) < 4.78 is 15.3. The number of ether oxygens (including phenoxy) is 3. The second-order valence-corrected chi connectivity index (χ2v) is 3.71. The minimum Gasteiger partial charge on any atom is -0.388 e. The Morgan fingerprint density at radius 3 is 2.24 bits per heavy atom. The summed E-state index contributed by atoms with van der Waals surface area (Å²) in [5, 5.41) is 7.20. The molecule has 0 saturated heterocycles. The molecule has 0 amide bonds. The van der Waals surface area contributed by atoms with Crippen LogP contribution in [0.5, 0.6) is 0 Å². The summed E-state index contributed by atoms with van der Waals surface area (Å²) in [5.74, 6) is 0.215. The average molecular weight is 247 g/mol. The standard InChI is InChI=1S/C11H25N3O3/c1-15-7-5-14(4-3-11(12)13)6-8-17-10-9-16-2/h3-10H2,1-2H3,(H3,12,13). The van der Waals surface area contributed by atoms with Crippen LogP contribution in [0.3, 0.4) is 0 Å². The molecule has 0 aromatic rings. The van der Waals surface area contributed by atoms with Gasteiger partial charge in [-0.25, -0.2) is 0 Å². The lowest BCUT2D eigenvalue weighted by molar-refractivity contribution is 0.0527. The first kappa shape index (κ1) is 16.3. The maximum absolute atomic E-state index is 7.20. The van der Waals surface area contributed by atoms with Crippen molar-refractivity contribution in [1.82, 2.24) is 4.90 Å². The van der Waals surface area contributed by atoms with Crippen molar-refractivity contribution in [2.75, 3.05) is 60.3 Å². The molecule has 0 spiro atoms. The van der Waals surface area contributed by atoms with Gasteiger partial charge in [-0.2, -0.15) is 0 Å². The van der Waals surface area contributed by atoms with Gasteiger partial charge in [-0.1, -0.05) is 0 Å². The van der Waals surface area contributed by atoms with Gasteiger partial charge in [0.25, 0.3) is 0 Å². The highest BCUT2D eigenvalue weighted by Gasteiger charge is 2.05. The molecule has 0 aliphatic carbocycles. The largest absolute Gasteiger partial charge is 0.388 e. The van der Waals surface area contributed by atoms with E-state index in [9.17, 15) is 0 Å². The molecule has 0 atom stereocenters. The fourth-order valence-electron chi connectivity index (χ4n) is 1.27. The number of amidine groups is 1. The normalized spacial score (nSPS) is 11.0. The molecule has 0 saturated carbocycles. The fourth-order valence-corrected chi connectivity index (χ4v) is 1.27. The third kappa shape index (κ3) is 11.6. The van der Waals surface area contributed by atoms with E-state index in [1.807, 2.05) is 0 Å². The molecule has 6 nitrogen and oxygen atoms in total. The average Bonchev–Trinajstić information content (AvgIpc) is 2.31. The Hall–Kier alpha value is -0.690. The van der Waals surface area contributed by atoms with Crippen molar-refractivity contribution in [3.8, 4) is 0 Å². The van der Waals surface area contributed by atoms with Crippen molar-refractivity contribution < 1.29 is 14.2 Å². The Balaban J connectivity index is 3.64. The number of hydrogen-bond donors (Lipinski definition) is 2. The van der Waals surface area contributed by atoms with E-state index in [1.165, 1.54) is 0 Å². The van der Waals surface area contributed by atoms with Crippen LogP contribution < -0.4 is 5.73 Å². The first-order valence-electron chi connectivity index (χ1n) is 5.81. The summed E-state index contributed by atoms with van der Waals surface area (Å²) >= 11 is 0. The van der Waals surface area contributed by atoms with Crippen LogP contribution in [0.25, 0.3) is 0 Å². The van der Waals surface area contributed by atoms with Crippen LogP contribution in [-0.4, -0.2) is 71.0 Å². The van der Waals surface area contributed by atoms with E-state index < -0.39 is 0 Å². The van der Waals surface area contributed by atoms with E-state index in [1.54, 1.807) is 14.2 Å². The summed E-state index contributed by atoms with van der Waals surface area (Å²) in [6.45, 7) is 4.98. The topological polar surface area (TPSA) is 80.8 Å². The van der Waals surface area contributed by atoms with Gasteiger partial charge >= 0.3 is 0 Å². The SMILES string of the molecule is COCCOCCN(CCOC)CCC(=N)N. The molecule has 17 heavy (non-hydrogen) atoms. The lowest BCUT2D eigenvalue weighted by Gasteiger charge is -2.21. The van der Waals surface area contributed by atoms with Crippen LogP contribution in [0.1, 0.15) is 6.42 Å². The summed E-state index contributed by atoms with van der Waals surface area (Å²) in [5.41, 5.74) is 5.34. The van der Waals surface area contributed by atoms with Crippen molar-refractivity contribution in [2.24, 2.45) is 5.73 Å². The summed E-state index contributed by atoms with van der Waals surface area (Å²) in [7, 11) is 3.33. The fraction of sp³-hybridized carbons (Fsp3) is 0.909. The number of hydrogen-bond acceptors (Lipinski definition) is 5. The Kier molecular flexibility index (Phi) is 11.3. The summed E-state index contributed by atoms with van der Waals surface area (Å²) in [6, 6.07) is 0. The maximum Gasteiger partial charge on any atom is 0.0918 e. The molecule has 102 valence electrons. The van der Waals surface area contributed by atoms with E-state index in [0.717, 1.165) is 19.6 Å². The maximum atomic E-state index is 7.20.